The first-order valence-corrected chi connectivity index (χ1v) is 7.48. The smallest absolute Gasteiger partial charge is 0.333 e. The lowest BCUT2D eigenvalue weighted by Crippen LogP contribution is -2.52. The van der Waals surface area contributed by atoms with E-state index in [-0.39, 0.29) is 11.7 Å². The Morgan fingerprint density at radius 1 is 1.05 bits per heavy atom. The molecule has 0 N–H and O–H groups in total. The van der Waals surface area contributed by atoms with Gasteiger partial charge in [0.2, 0.25) is 0 Å². The lowest BCUT2D eigenvalue weighted by molar-refractivity contribution is -0.134. The Labute approximate surface area is 130 Å². The number of likely N-dealkylation sites (N-methyl/N-ethyl adjacent to an activating group) is 2. The molecular weight excluding hydrogens is 284 g/mol. The largest absolute Gasteiger partial charge is 0.381 e. The molecule has 2 unspecified atom stereocenters. The molecule has 1 aliphatic heterocycles. The van der Waals surface area contributed by atoms with Crippen LogP contribution in [0, 0.1) is 5.92 Å². The fourth-order valence-corrected chi connectivity index (χ4v) is 2.93. The number of methoxy groups -OCH3 is 1. The second-order valence-corrected chi connectivity index (χ2v) is 5.70. The molecular formula is C16H22N2O4. The Morgan fingerprint density at radius 2 is 1.64 bits per heavy atom. The Bertz CT molecular complexity index is 512. The quantitative estimate of drug-likeness (QED) is 0.588. The first-order chi connectivity index (χ1) is 10.5. The monoisotopic (exact) mass is 306 g/mol. The van der Waals surface area contributed by atoms with Crippen LogP contribution in [0.15, 0.2) is 23.8 Å². The summed E-state index contributed by atoms with van der Waals surface area (Å²) in [4.78, 5) is 37.6. The van der Waals surface area contributed by atoms with Crippen LogP contribution < -0.4 is 0 Å². The van der Waals surface area contributed by atoms with Crippen molar-refractivity contribution in [3.63, 3.8) is 0 Å². The number of carbonyl (C=O) groups excluding carboxylic acids is 3. The molecule has 22 heavy (non-hydrogen) atoms. The molecule has 2 atom stereocenters. The molecule has 2 rings (SSSR count). The van der Waals surface area contributed by atoms with Crippen LogP contribution in [0.4, 0.5) is 4.79 Å². The van der Waals surface area contributed by atoms with Gasteiger partial charge in [-0.25, -0.2) is 4.79 Å². The van der Waals surface area contributed by atoms with Crippen molar-refractivity contribution in [1.82, 2.24) is 9.80 Å². The first-order valence-electron chi connectivity index (χ1n) is 7.48. The number of nitrogens with zero attached hydrogens (tertiary/aromatic N) is 2. The van der Waals surface area contributed by atoms with Crippen molar-refractivity contribution in [2.75, 3.05) is 21.2 Å². The summed E-state index contributed by atoms with van der Waals surface area (Å²) in [6, 6.07) is -0.608. The fraction of sp³-hybridized carbons (Fsp3) is 0.562. The summed E-state index contributed by atoms with van der Waals surface area (Å²) in [7, 11) is 4.44. The fourth-order valence-electron chi connectivity index (χ4n) is 2.93. The average Bonchev–Trinajstić information content (AvgIpc) is 2.54. The molecule has 2 fully saturated rings. The molecule has 0 aromatic heterocycles. The first kappa shape index (κ1) is 16.4. The van der Waals surface area contributed by atoms with Gasteiger partial charge in [-0.3, -0.25) is 19.4 Å². The van der Waals surface area contributed by atoms with E-state index < -0.39 is 17.8 Å². The van der Waals surface area contributed by atoms with Gasteiger partial charge in [0.05, 0.1) is 6.10 Å². The van der Waals surface area contributed by atoms with Crippen LogP contribution in [0.1, 0.15) is 25.7 Å². The minimum atomic E-state index is -0.608. The van der Waals surface area contributed by atoms with Gasteiger partial charge in [0.25, 0.3) is 11.8 Å². The van der Waals surface area contributed by atoms with Gasteiger partial charge >= 0.3 is 6.03 Å². The molecule has 0 bridgehead atoms. The zero-order valence-electron chi connectivity index (χ0n) is 13.2. The number of urea groups is 1. The van der Waals surface area contributed by atoms with Gasteiger partial charge in [0.1, 0.15) is 5.57 Å². The van der Waals surface area contributed by atoms with Crippen LogP contribution in [-0.4, -0.2) is 55.0 Å². The van der Waals surface area contributed by atoms with E-state index in [1.165, 1.54) is 26.6 Å². The summed E-state index contributed by atoms with van der Waals surface area (Å²) in [6.07, 6.45) is 9.78. The number of rotatable bonds is 3. The highest BCUT2D eigenvalue weighted by molar-refractivity contribution is 6.28. The number of hydrogen-bond donors (Lipinski definition) is 0. The molecule has 0 spiro atoms. The number of carbonyl (C=O) groups is 3. The maximum atomic E-state index is 12.0. The van der Waals surface area contributed by atoms with Gasteiger partial charge in [-0.2, -0.15) is 0 Å². The maximum absolute atomic E-state index is 12.0. The zero-order valence-corrected chi connectivity index (χ0v) is 13.2. The van der Waals surface area contributed by atoms with E-state index in [4.69, 9.17) is 4.74 Å². The van der Waals surface area contributed by atoms with E-state index >= 15 is 0 Å². The highest BCUT2D eigenvalue weighted by Gasteiger charge is 2.37. The molecule has 6 heteroatoms. The van der Waals surface area contributed by atoms with Gasteiger partial charge in [-0.05, 0) is 18.9 Å². The third-order valence-electron chi connectivity index (χ3n) is 4.32. The molecule has 120 valence electrons. The van der Waals surface area contributed by atoms with Crippen LogP contribution in [0.3, 0.4) is 0 Å². The minimum Gasteiger partial charge on any atom is -0.381 e. The van der Waals surface area contributed by atoms with Crippen molar-refractivity contribution in [3.8, 4) is 0 Å². The van der Waals surface area contributed by atoms with Gasteiger partial charge < -0.3 is 4.74 Å². The Morgan fingerprint density at radius 3 is 2.23 bits per heavy atom. The molecule has 1 aliphatic carbocycles. The number of amides is 4. The van der Waals surface area contributed by atoms with Crippen LogP contribution in [0.5, 0.6) is 0 Å². The highest BCUT2D eigenvalue weighted by Crippen LogP contribution is 2.27. The van der Waals surface area contributed by atoms with E-state index in [1.54, 1.807) is 13.2 Å². The topological polar surface area (TPSA) is 66.9 Å². The normalized spacial score (nSPS) is 27.0. The molecule has 1 saturated heterocycles. The predicted octanol–water partition coefficient (Wildman–Crippen LogP) is 1.72. The zero-order chi connectivity index (χ0) is 16.3. The van der Waals surface area contributed by atoms with Gasteiger partial charge in [0.15, 0.2) is 0 Å². The predicted molar refractivity (Wildman–Crippen MR) is 80.9 cm³/mol. The van der Waals surface area contributed by atoms with Crippen LogP contribution in [-0.2, 0) is 14.3 Å². The van der Waals surface area contributed by atoms with Gasteiger partial charge in [-0.1, -0.05) is 25.0 Å². The molecule has 0 aromatic rings. The van der Waals surface area contributed by atoms with E-state index in [1.807, 2.05) is 6.08 Å². The number of barbiturate groups is 1. The van der Waals surface area contributed by atoms with Crippen molar-refractivity contribution >= 4 is 17.8 Å². The number of allylic oxidation sites excluding steroid dienone is 2. The van der Waals surface area contributed by atoms with Crippen LogP contribution in [0.2, 0.25) is 0 Å². The summed E-state index contributed by atoms with van der Waals surface area (Å²) >= 11 is 0. The van der Waals surface area contributed by atoms with Crippen molar-refractivity contribution in [2.24, 2.45) is 5.92 Å². The molecule has 0 radical (unpaired) electrons. The third kappa shape index (κ3) is 3.11. The summed E-state index contributed by atoms with van der Waals surface area (Å²) in [5, 5.41) is 0. The number of ether oxygens (including phenoxy) is 1. The third-order valence-corrected chi connectivity index (χ3v) is 4.32. The van der Waals surface area contributed by atoms with E-state index in [0.29, 0.717) is 5.92 Å². The van der Waals surface area contributed by atoms with Gasteiger partial charge in [-0.15, -0.1) is 0 Å². The molecule has 1 heterocycles. The Kier molecular flexibility index (Phi) is 5.13. The second kappa shape index (κ2) is 6.87. The standard InChI is InChI=1S/C16H22N2O4/c1-17-14(19)12(15(20)18(2)16(17)21)9-6-8-11-7-4-5-10-13(11)22-3/h6,8-9,11,13H,4-5,7,10H2,1-3H3/b8-6+. The van der Waals surface area contributed by atoms with Gasteiger partial charge in [0, 0.05) is 27.1 Å². The van der Waals surface area contributed by atoms with Crippen molar-refractivity contribution < 1.29 is 19.1 Å². The number of hydrogen-bond acceptors (Lipinski definition) is 4. The van der Waals surface area contributed by atoms with Crippen LogP contribution in [0.25, 0.3) is 0 Å². The molecule has 1 saturated carbocycles. The van der Waals surface area contributed by atoms with E-state index in [9.17, 15) is 14.4 Å². The molecule has 4 amide bonds. The van der Waals surface area contributed by atoms with Crippen molar-refractivity contribution in [1.29, 1.82) is 0 Å². The van der Waals surface area contributed by atoms with E-state index in [2.05, 4.69) is 0 Å². The molecule has 0 aromatic carbocycles. The Balaban J connectivity index is 2.14. The maximum Gasteiger partial charge on any atom is 0.333 e. The average molecular weight is 306 g/mol. The van der Waals surface area contributed by atoms with Crippen molar-refractivity contribution in [2.45, 2.75) is 31.8 Å². The SMILES string of the molecule is COC1CCCCC1/C=C/C=C1C(=O)N(C)C(=O)N(C)C1=O. The lowest BCUT2D eigenvalue weighted by Gasteiger charge is -2.29. The van der Waals surface area contributed by atoms with Crippen LogP contribution >= 0.6 is 0 Å². The lowest BCUT2D eigenvalue weighted by atomic mass is 9.86. The summed E-state index contributed by atoms with van der Waals surface area (Å²) in [6.45, 7) is 0. The summed E-state index contributed by atoms with van der Waals surface area (Å²) in [5.74, 6) is -0.837. The van der Waals surface area contributed by atoms with E-state index in [0.717, 1.165) is 29.1 Å². The Hall–Kier alpha value is -1.95. The molecule has 6 nitrogen and oxygen atoms in total. The summed E-state index contributed by atoms with van der Waals surface area (Å²) in [5.41, 5.74) is 0.00521. The number of imide groups is 2. The van der Waals surface area contributed by atoms with Crippen molar-refractivity contribution in [3.05, 3.63) is 23.8 Å². The second-order valence-electron chi connectivity index (χ2n) is 5.70. The highest BCUT2D eigenvalue weighted by atomic mass is 16.5. The minimum absolute atomic E-state index is 0.00521. The molecule has 2 aliphatic rings. The summed E-state index contributed by atoms with van der Waals surface area (Å²) < 4.78 is 5.47.